The van der Waals surface area contributed by atoms with Crippen molar-refractivity contribution in [1.29, 1.82) is 0 Å². The Morgan fingerprint density at radius 1 is 1.23 bits per heavy atom. The predicted molar refractivity (Wildman–Crippen MR) is 103 cm³/mol. The highest BCUT2D eigenvalue weighted by molar-refractivity contribution is 7.10. The topological polar surface area (TPSA) is 64.6 Å². The molecule has 0 bridgehead atoms. The van der Waals surface area contributed by atoms with Gasteiger partial charge in [0.1, 0.15) is 0 Å². The Morgan fingerprint density at radius 3 is 2.81 bits per heavy atom. The minimum atomic E-state index is -0.565. The van der Waals surface area contributed by atoms with Gasteiger partial charge in [0.2, 0.25) is 0 Å². The molecule has 1 saturated heterocycles. The Bertz CT molecular complexity index is 743. The van der Waals surface area contributed by atoms with Crippen LogP contribution in [0.1, 0.15) is 40.9 Å². The van der Waals surface area contributed by atoms with Crippen LogP contribution in [-0.4, -0.2) is 41.8 Å². The molecule has 1 fully saturated rings. The van der Waals surface area contributed by atoms with Gasteiger partial charge < -0.3 is 15.7 Å². The highest BCUT2D eigenvalue weighted by Gasteiger charge is 2.32. The van der Waals surface area contributed by atoms with Crippen molar-refractivity contribution in [3.05, 3.63) is 57.8 Å². The maximum Gasteiger partial charge on any atom is 0.315 e. The van der Waals surface area contributed by atoms with Gasteiger partial charge in [0.25, 0.3) is 0 Å². The number of urea groups is 1. The van der Waals surface area contributed by atoms with Gasteiger partial charge in [-0.3, -0.25) is 4.90 Å². The van der Waals surface area contributed by atoms with E-state index in [0.717, 1.165) is 24.2 Å². The molecule has 1 aromatic heterocycles. The van der Waals surface area contributed by atoms with Crippen molar-refractivity contribution in [2.24, 2.45) is 0 Å². The van der Waals surface area contributed by atoms with E-state index in [9.17, 15) is 9.90 Å². The molecule has 3 N–H and O–H groups in total. The molecule has 4 rings (SSSR count). The van der Waals surface area contributed by atoms with E-state index in [-0.39, 0.29) is 18.1 Å². The Labute approximate surface area is 158 Å². The summed E-state index contributed by atoms with van der Waals surface area (Å²) in [5, 5.41) is 18.4. The number of fused-ring (bicyclic) bond motifs is 1. The van der Waals surface area contributed by atoms with Crippen molar-refractivity contribution in [3.8, 4) is 0 Å². The largest absolute Gasteiger partial charge is 0.390 e. The number of rotatable bonds is 5. The number of nitrogens with one attached hydrogen (secondary N) is 2. The molecule has 1 aliphatic heterocycles. The van der Waals surface area contributed by atoms with Gasteiger partial charge in [-0.05, 0) is 48.5 Å². The lowest BCUT2D eigenvalue weighted by Crippen LogP contribution is -2.44. The summed E-state index contributed by atoms with van der Waals surface area (Å²) < 4.78 is 0. The van der Waals surface area contributed by atoms with Gasteiger partial charge >= 0.3 is 6.03 Å². The van der Waals surface area contributed by atoms with Crippen LogP contribution in [-0.2, 0) is 6.42 Å². The molecule has 0 saturated carbocycles. The summed E-state index contributed by atoms with van der Waals surface area (Å²) in [4.78, 5) is 16.2. The Morgan fingerprint density at radius 2 is 2.04 bits per heavy atom. The highest BCUT2D eigenvalue weighted by Crippen LogP contribution is 2.31. The van der Waals surface area contributed by atoms with Gasteiger partial charge in [-0.25, -0.2) is 4.79 Å². The molecule has 0 spiro atoms. The molecule has 2 aromatic rings. The van der Waals surface area contributed by atoms with E-state index in [1.807, 2.05) is 24.3 Å². The average Bonchev–Trinajstić information content (AvgIpc) is 3.38. The fraction of sp³-hybridized carbons (Fsp3) is 0.450. The van der Waals surface area contributed by atoms with Crippen LogP contribution in [0.3, 0.4) is 0 Å². The molecule has 0 radical (unpaired) electrons. The van der Waals surface area contributed by atoms with E-state index in [4.69, 9.17) is 0 Å². The number of hydrogen-bond donors (Lipinski definition) is 3. The number of benzene rings is 1. The van der Waals surface area contributed by atoms with E-state index in [2.05, 4.69) is 33.0 Å². The van der Waals surface area contributed by atoms with Gasteiger partial charge in [0.05, 0.1) is 18.2 Å². The van der Waals surface area contributed by atoms with Crippen LogP contribution in [0.25, 0.3) is 0 Å². The number of nitrogens with zero attached hydrogens (tertiary/aromatic N) is 1. The monoisotopic (exact) mass is 371 g/mol. The number of aliphatic hydroxyl groups excluding tert-OH is 1. The Kier molecular flexibility index (Phi) is 5.24. The van der Waals surface area contributed by atoms with Crippen molar-refractivity contribution in [2.45, 2.75) is 37.5 Å². The lowest BCUT2D eigenvalue weighted by atomic mass is 10.1. The van der Waals surface area contributed by atoms with Crippen molar-refractivity contribution < 1.29 is 9.90 Å². The van der Waals surface area contributed by atoms with Gasteiger partial charge in [0, 0.05) is 17.8 Å². The van der Waals surface area contributed by atoms with Crippen LogP contribution in [0.2, 0.25) is 0 Å². The Balaban J connectivity index is 1.38. The van der Waals surface area contributed by atoms with E-state index in [1.54, 1.807) is 11.3 Å². The van der Waals surface area contributed by atoms with E-state index in [0.29, 0.717) is 13.0 Å². The Hall–Kier alpha value is -1.89. The summed E-state index contributed by atoms with van der Waals surface area (Å²) in [6.07, 6.45) is 2.47. The minimum absolute atomic E-state index is 0.216. The number of amides is 2. The standard InChI is InChI=1S/C20H25N3O2S/c24-17-12-14-6-1-2-7-15(14)19(17)22-20(25)21-13-16(18-8-5-11-26-18)23-9-3-4-10-23/h1-2,5-8,11,16-17,19,24H,3-4,9-10,12-13H2,(H2,21,22,25)/t16?,17-,19+/m0/s1. The van der Waals surface area contributed by atoms with Crippen LogP contribution >= 0.6 is 11.3 Å². The number of hydrogen-bond acceptors (Lipinski definition) is 4. The second-order valence-corrected chi connectivity index (χ2v) is 8.06. The van der Waals surface area contributed by atoms with E-state index < -0.39 is 6.10 Å². The first-order valence-electron chi connectivity index (χ1n) is 9.30. The second kappa shape index (κ2) is 7.78. The molecular formula is C20H25N3O2S. The first kappa shape index (κ1) is 17.5. The normalized spacial score (nSPS) is 23.6. The molecular weight excluding hydrogens is 346 g/mol. The van der Waals surface area contributed by atoms with E-state index >= 15 is 0 Å². The summed E-state index contributed by atoms with van der Waals surface area (Å²) >= 11 is 1.74. The van der Waals surface area contributed by atoms with Crippen LogP contribution in [0.5, 0.6) is 0 Å². The summed E-state index contributed by atoms with van der Waals surface area (Å²) in [6.45, 7) is 2.75. The summed E-state index contributed by atoms with van der Waals surface area (Å²) in [6, 6.07) is 11.8. The predicted octanol–water partition coefficient (Wildman–Crippen LogP) is 2.84. The molecule has 2 amide bonds. The molecule has 3 atom stereocenters. The third-order valence-electron chi connectivity index (χ3n) is 5.40. The maximum atomic E-state index is 12.5. The molecule has 2 aliphatic rings. The van der Waals surface area contributed by atoms with E-state index in [1.165, 1.54) is 17.7 Å². The zero-order valence-electron chi connectivity index (χ0n) is 14.7. The molecule has 1 aliphatic carbocycles. The van der Waals surface area contributed by atoms with Gasteiger partial charge in [-0.1, -0.05) is 30.3 Å². The van der Waals surface area contributed by atoms with Crippen molar-refractivity contribution in [1.82, 2.24) is 15.5 Å². The minimum Gasteiger partial charge on any atom is -0.390 e. The van der Waals surface area contributed by atoms with Crippen molar-refractivity contribution in [2.75, 3.05) is 19.6 Å². The summed E-state index contributed by atoms with van der Waals surface area (Å²) in [7, 11) is 0. The van der Waals surface area contributed by atoms with Crippen LogP contribution in [0.15, 0.2) is 41.8 Å². The van der Waals surface area contributed by atoms with Gasteiger partial charge in [0.15, 0.2) is 0 Å². The molecule has 6 heteroatoms. The van der Waals surface area contributed by atoms with Crippen molar-refractivity contribution >= 4 is 17.4 Å². The van der Waals surface area contributed by atoms with Gasteiger partial charge in [-0.15, -0.1) is 11.3 Å². The summed E-state index contributed by atoms with van der Waals surface area (Å²) in [5.41, 5.74) is 2.13. The zero-order valence-corrected chi connectivity index (χ0v) is 15.5. The first-order chi connectivity index (χ1) is 12.7. The fourth-order valence-electron chi connectivity index (χ4n) is 4.07. The lowest BCUT2D eigenvalue weighted by molar-refractivity contribution is 0.141. The number of carbonyl (C=O) groups is 1. The number of likely N-dealkylation sites (tertiary alicyclic amines) is 1. The fourth-order valence-corrected chi connectivity index (χ4v) is 4.93. The number of carbonyl (C=O) groups excluding carboxylic acids is 1. The van der Waals surface area contributed by atoms with Crippen LogP contribution in [0.4, 0.5) is 4.79 Å². The van der Waals surface area contributed by atoms with Crippen LogP contribution in [0, 0.1) is 0 Å². The molecule has 1 aromatic carbocycles. The zero-order chi connectivity index (χ0) is 17.9. The second-order valence-electron chi connectivity index (χ2n) is 7.08. The third-order valence-corrected chi connectivity index (χ3v) is 6.37. The maximum absolute atomic E-state index is 12.5. The van der Waals surface area contributed by atoms with Crippen molar-refractivity contribution in [3.63, 3.8) is 0 Å². The van der Waals surface area contributed by atoms with Gasteiger partial charge in [-0.2, -0.15) is 0 Å². The molecule has 1 unspecified atom stereocenters. The average molecular weight is 372 g/mol. The summed E-state index contributed by atoms with van der Waals surface area (Å²) in [5.74, 6) is 0. The number of aliphatic hydroxyl groups is 1. The molecule has 2 heterocycles. The molecule has 138 valence electrons. The third kappa shape index (κ3) is 3.63. The molecule has 26 heavy (non-hydrogen) atoms. The highest BCUT2D eigenvalue weighted by atomic mass is 32.1. The molecule has 5 nitrogen and oxygen atoms in total. The number of thiophene rings is 1. The quantitative estimate of drug-likeness (QED) is 0.757. The van der Waals surface area contributed by atoms with Crippen LogP contribution < -0.4 is 10.6 Å². The SMILES string of the molecule is O=C(NCC(c1cccs1)N1CCCC1)N[C@@H]1c2ccccc2C[C@@H]1O. The smallest absolute Gasteiger partial charge is 0.315 e. The first-order valence-corrected chi connectivity index (χ1v) is 10.2. The lowest BCUT2D eigenvalue weighted by Gasteiger charge is -2.27.